The first-order valence-corrected chi connectivity index (χ1v) is 7.78. The Balaban J connectivity index is 1.98. The van der Waals surface area contributed by atoms with Crippen molar-refractivity contribution in [1.29, 1.82) is 0 Å². The maximum absolute atomic E-state index is 11.9. The van der Waals surface area contributed by atoms with Gasteiger partial charge < -0.3 is 9.64 Å². The maximum atomic E-state index is 11.9. The van der Waals surface area contributed by atoms with E-state index in [4.69, 9.17) is 0 Å². The monoisotopic (exact) mass is 339 g/mol. The average molecular weight is 340 g/mol. The molecule has 0 bridgehead atoms. The van der Waals surface area contributed by atoms with Crippen LogP contribution in [0.4, 0.5) is 5.69 Å². The van der Waals surface area contributed by atoms with Gasteiger partial charge in [-0.3, -0.25) is 9.59 Å². The summed E-state index contributed by atoms with van der Waals surface area (Å²) in [4.78, 5) is 24.8. The zero-order valence-corrected chi connectivity index (χ0v) is 13.1. The summed E-state index contributed by atoms with van der Waals surface area (Å²) < 4.78 is 4.62. The molecular weight excluding hydrogens is 322 g/mol. The van der Waals surface area contributed by atoms with Crippen molar-refractivity contribution in [2.45, 2.75) is 19.3 Å². The molecule has 2 rings (SSSR count). The number of alkyl halides is 1. The standard InChI is InChI=1S/C15H18BrNO3/c1-20-15(19)7-4-11-2-5-13(6-3-11)17-10-12(9-16)8-14(17)18/h2-3,5-6,12H,4,7-10H2,1H3. The second kappa shape index (κ2) is 6.88. The van der Waals surface area contributed by atoms with E-state index in [0.29, 0.717) is 25.2 Å². The van der Waals surface area contributed by atoms with E-state index in [1.807, 2.05) is 29.2 Å². The number of aryl methyl sites for hydroxylation is 1. The van der Waals surface area contributed by atoms with E-state index in [1.54, 1.807) is 0 Å². The predicted octanol–water partition coefficient (Wildman–Crippen LogP) is 2.54. The SMILES string of the molecule is COC(=O)CCc1ccc(N2CC(CBr)CC2=O)cc1. The fraction of sp³-hybridized carbons (Fsp3) is 0.467. The molecule has 1 aromatic carbocycles. The van der Waals surface area contributed by atoms with E-state index in [1.165, 1.54) is 7.11 Å². The van der Waals surface area contributed by atoms with E-state index in [2.05, 4.69) is 20.7 Å². The smallest absolute Gasteiger partial charge is 0.305 e. The highest BCUT2D eigenvalue weighted by atomic mass is 79.9. The summed E-state index contributed by atoms with van der Waals surface area (Å²) in [5, 5.41) is 0.854. The van der Waals surface area contributed by atoms with Crippen LogP contribution in [0.2, 0.25) is 0 Å². The number of hydrogen-bond donors (Lipinski definition) is 0. The minimum Gasteiger partial charge on any atom is -0.469 e. The van der Waals surface area contributed by atoms with Gasteiger partial charge in [0.1, 0.15) is 0 Å². The molecule has 0 spiro atoms. The molecule has 1 amide bonds. The Labute approximate surface area is 127 Å². The van der Waals surface area contributed by atoms with Gasteiger partial charge in [-0.15, -0.1) is 0 Å². The number of nitrogens with zero attached hydrogens (tertiary/aromatic N) is 1. The highest BCUT2D eigenvalue weighted by molar-refractivity contribution is 9.09. The number of hydrogen-bond acceptors (Lipinski definition) is 3. The van der Waals surface area contributed by atoms with Gasteiger partial charge in [-0.2, -0.15) is 0 Å². The third kappa shape index (κ3) is 3.60. The number of anilines is 1. The van der Waals surface area contributed by atoms with Crippen molar-refractivity contribution in [1.82, 2.24) is 0 Å². The van der Waals surface area contributed by atoms with Crippen LogP contribution in [0.15, 0.2) is 24.3 Å². The van der Waals surface area contributed by atoms with Crippen LogP contribution in [0.5, 0.6) is 0 Å². The Morgan fingerprint density at radius 1 is 1.40 bits per heavy atom. The zero-order valence-electron chi connectivity index (χ0n) is 11.5. The Bertz CT molecular complexity index is 486. The van der Waals surface area contributed by atoms with Crippen LogP contribution in [0.1, 0.15) is 18.4 Å². The van der Waals surface area contributed by atoms with Crippen LogP contribution < -0.4 is 4.90 Å². The van der Waals surface area contributed by atoms with Crippen molar-refractivity contribution in [3.05, 3.63) is 29.8 Å². The molecule has 20 heavy (non-hydrogen) atoms. The first kappa shape index (κ1) is 15.0. The number of benzene rings is 1. The molecule has 5 heteroatoms. The van der Waals surface area contributed by atoms with Crippen molar-refractivity contribution in [2.24, 2.45) is 5.92 Å². The number of ether oxygens (including phenoxy) is 1. The molecule has 1 aromatic rings. The summed E-state index contributed by atoms with van der Waals surface area (Å²) in [6, 6.07) is 7.82. The molecule has 0 aromatic heterocycles. The topological polar surface area (TPSA) is 46.6 Å². The molecule has 0 aliphatic carbocycles. The Kier molecular flexibility index (Phi) is 5.17. The average Bonchev–Trinajstić information content (AvgIpc) is 2.86. The van der Waals surface area contributed by atoms with Crippen LogP contribution in [0, 0.1) is 5.92 Å². The maximum Gasteiger partial charge on any atom is 0.305 e. The van der Waals surface area contributed by atoms with Crippen LogP contribution in [-0.4, -0.2) is 30.9 Å². The first-order chi connectivity index (χ1) is 9.63. The number of carbonyl (C=O) groups excluding carboxylic acids is 2. The zero-order chi connectivity index (χ0) is 14.5. The Hall–Kier alpha value is -1.36. The molecule has 1 saturated heterocycles. The number of rotatable bonds is 5. The summed E-state index contributed by atoms with van der Waals surface area (Å²) in [6.07, 6.45) is 1.64. The molecule has 108 valence electrons. The molecule has 1 atom stereocenters. The van der Waals surface area contributed by atoms with Gasteiger partial charge in [-0.05, 0) is 30.0 Å². The van der Waals surface area contributed by atoms with E-state index >= 15 is 0 Å². The van der Waals surface area contributed by atoms with Crippen molar-refractivity contribution in [3.63, 3.8) is 0 Å². The lowest BCUT2D eigenvalue weighted by Crippen LogP contribution is -2.24. The lowest BCUT2D eigenvalue weighted by atomic mass is 10.1. The summed E-state index contributed by atoms with van der Waals surface area (Å²) in [5.41, 5.74) is 2.00. The first-order valence-electron chi connectivity index (χ1n) is 6.66. The van der Waals surface area contributed by atoms with Gasteiger partial charge in [0.2, 0.25) is 5.91 Å². The quantitative estimate of drug-likeness (QED) is 0.611. The van der Waals surface area contributed by atoms with Gasteiger partial charge in [-0.25, -0.2) is 0 Å². The normalized spacial score (nSPS) is 18.4. The predicted molar refractivity (Wildman–Crippen MR) is 81.0 cm³/mol. The lowest BCUT2D eigenvalue weighted by Gasteiger charge is -2.16. The third-order valence-corrected chi connectivity index (χ3v) is 4.43. The highest BCUT2D eigenvalue weighted by Gasteiger charge is 2.29. The minimum atomic E-state index is -0.205. The third-order valence-electron chi connectivity index (χ3n) is 3.52. The number of amides is 1. The Morgan fingerprint density at radius 2 is 2.10 bits per heavy atom. The van der Waals surface area contributed by atoms with Gasteiger partial charge >= 0.3 is 5.97 Å². The van der Waals surface area contributed by atoms with Crippen LogP contribution in [0.3, 0.4) is 0 Å². The van der Waals surface area contributed by atoms with Crippen LogP contribution in [0.25, 0.3) is 0 Å². The molecule has 1 fully saturated rings. The van der Waals surface area contributed by atoms with Gasteiger partial charge in [0.25, 0.3) is 0 Å². The fourth-order valence-electron chi connectivity index (χ4n) is 2.33. The summed E-state index contributed by atoms with van der Waals surface area (Å²) >= 11 is 3.43. The largest absolute Gasteiger partial charge is 0.469 e. The molecular formula is C15H18BrNO3. The fourth-order valence-corrected chi connectivity index (χ4v) is 2.76. The van der Waals surface area contributed by atoms with Crippen molar-refractivity contribution < 1.29 is 14.3 Å². The molecule has 0 saturated carbocycles. The molecule has 0 radical (unpaired) electrons. The second-order valence-corrected chi connectivity index (χ2v) is 5.62. The Morgan fingerprint density at radius 3 is 2.65 bits per heavy atom. The van der Waals surface area contributed by atoms with E-state index < -0.39 is 0 Å². The molecule has 1 aliphatic heterocycles. The minimum absolute atomic E-state index is 0.178. The van der Waals surface area contributed by atoms with Gasteiger partial charge in [0, 0.05) is 30.4 Å². The molecule has 0 N–H and O–H groups in total. The van der Waals surface area contributed by atoms with Gasteiger partial charge in [0.15, 0.2) is 0 Å². The highest BCUT2D eigenvalue weighted by Crippen LogP contribution is 2.26. The molecule has 1 heterocycles. The number of methoxy groups -OCH3 is 1. The summed E-state index contributed by atoms with van der Waals surface area (Å²) in [6.45, 7) is 0.769. The van der Waals surface area contributed by atoms with Crippen LogP contribution in [-0.2, 0) is 20.7 Å². The van der Waals surface area contributed by atoms with Crippen LogP contribution >= 0.6 is 15.9 Å². The van der Waals surface area contributed by atoms with E-state index in [9.17, 15) is 9.59 Å². The van der Waals surface area contributed by atoms with Gasteiger partial charge in [-0.1, -0.05) is 28.1 Å². The molecule has 1 unspecified atom stereocenters. The second-order valence-electron chi connectivity index (χ2n) is 4.97. The van der Waals surface area contributed by atoms with E-state index in [0.717, 1.165) is 23.1 Å². The van der Waals surface area contributed by atoms with Gasteiger partial charge in [0.05, 0.1) is 7.11 Å². The molecule has 1 aliphatic rings. The van der Waals surface area contributed by atoms with E-state index in [-0.39, 0.29) is 11.9 Å². The summed E-state index contributed by atoms with van der Waals surface area (Å²) in [7, 11) is 1.39. The lowest BCUT2D eigenvalue weighted by molar-refractivity contribution is -0.140. The number of carbonyl (C=O) groups is 2. The van der Waals surface area contributed by atoms with Crippen molar-refractivity contribution in [2.75, 3.05) is 23.9 Å². The van der Waals surface area contributed by atoms with Crippen molar-refractivity contribution in [3.8, 4) is 0 Å². The number of esters is 1. The number of halogens is 1. The summed E-state index contributed by atoms with van der Waals surface area (Å²) in [5.74, 6) is 0.363. The molecule has 4 nitrogen and oxygen atoms in total. The van der Waals surface area contributed by atoms with Crippen molar-refractivity contribution >= 4 is 33.5 Å².